The van der Waals surface area contributed by atoms with Crippen LogP contribution in [0.1, 0.15) is 45.1 Å². The van der Waals surface area contributed by atoms with Crippen molar-refractivity contribution in [3.63, 3.8) is 0 Å². The van der Waals surface area contributed by atoms with Crippen LogP contribution in [0, 0.1) is 0 Å². The Labute approximate surface area is 145 Å². The van der Waals surface area contributed by atoms with Crippen molar-refractivity contribution in [2.24, 2.45) is 0 Å². The second-order valence-electron chi connectivity index (χ2n) is 6.08. The van der Waals surface area contributed by atoms with E-state index >= 15 is 0 Å². The van der Waals surface area contributed by atoms with Crippen molar-refractivity contribution in [1.82, 2.24) is 14.9 Å². The molecule has 1 atom stereocenters. The van der Waals surface area contributed by atoms with Crippen molar-refractivity contribution in [3.8, 4) is 0 Å². The van der Waals surface area contributed by atoms with Gasteiger partial charge < -0.3 is 9.88 Å². The standard InChI is InChI=1S/C17H23N3OS2/c1-11(2)20-14-8-5-4-7-13(14)19-15(20)12(3)18-16(21)17-22-9-6-10-23-17/h4-5,7-8,11-12,17H,6,9-10H2,1-3H3,(H,18,21). The lowest BCUT2D eigenvalue weighted by molar-refractivity contribution is -0.119. The molecule has 124 valence electrons. The maximum Gasteiger partial charge on any atom is 0.243 e. The molecule has 3 rings (SSSR count). The number of hydrogen-bond donors (Lipinski definition) is 1. The van der Waals surface area contributed by atoms with Crippen molar-refractivity contribution in [1.29, 1.82) is 0 Å². The van der Waals surface area contributed by atoms with E-state index in [9.17, 15) is 4.79 Å². The van der Waals surface area contributed by atoms with E-state index < -0.39 is 0 Å². The molecule has 2 heterocycles. The van der Waals surface area contributed by atoms with Gasteiger partial charge in [0.15, 0.2) is 0 Å². The van der Waals surface area contributed by atoms with E-state index in [-0.39, 0.29) is 16.5 Å². The first-order valence-corrected chi connectivity index (χ1v) is 10.2. The fraction of sp³-hybridized carbons (Fsp3) is 0.529. The van der Waals surface area contributed by atoms with Gasteiger partial charge in [-0.3, -0.25) is 4.79 Å². The summed E-state index contributed by atoms with van der Waals surface area (Å²) >= 11 is 3.50. The summed E-state index contributed by atoms with van der Waals surface area (Å²) in [5.41, 5.74) is 2.11. The Balaban J connectivity index is 1.84. The average molecular weight is 350 g/mol. The number of aromatic nitrogens is 2. The maximum atomic E-state index is 12.5. The zero-order valence-electron chi connectivity index (χ0n) is 13.8. The largest absolute Gasteiger partial charge is 0.345 e. The smallest absolute Gasteiger partial charge is 0.243 e. The normalized spacial score (nSPS) is 17.6. The molecule has 0 bridgehead atoms. The first-order valence-electron chi connectivity index (χ1n) is 8.08. The Hall–Kier alpha value is -1.14. The zero-order valence-corrected chi connectivity index (χ0v) is 15.4. The number of nitrogens with one attached hydrogen (secondary N) is 1. The monoisotopic (exact) mass is 349 g/mol. The molecule has 4 nitrogen and oxygen atoms in total. The Kier molecular flexibility index (Phi) is 5.21. The number of rotatable bonds is 4. The van der Waals surface area contributed by atoms with E-state index in [4.69, 9.17) is 4.98 Å². The van der Waals surface area contributed by atoms with Crippen LogP contribution in [-0.2, 0) is 4.79 Å². The second kappa shape index (κ2) is 7.18. The van der Waals surface area contributed by atoms with Crippen molar-refractivity contribution in [3.05, 3.63) is 30.1 Å². The van der Waals surface area contributed by atoms with E-state index in [1.165, 1.54) is 6.42 Å². The van der Waals surface area contributed by atoms with Crippen molar-refractivity contribution in [2.45, 2.75) is 43.9 Å². The van der Waals surface area contributed by atoms with Crippen LogP contribution in [0.25, 0.3) is 11.0 Å². The number of thioether (sulfide) groups is 2. The van der Waals surface area contributed by atoms with Crippen molar-refractivity contribution in [2.75, 3.05) is 11.5 Å². The van der Waals surface area contributed by atoms with Gasteiger partial charge in [-0.25, -0.2) is 4.98 Å². The van der Waals surface area contributed by atoms with Gasteiger partial charge in [-0.05, 0) is 50.8 Å². The summed E-state index contributed by atoms with van der Waals surface area (Å²) in [5.74, 6) is 3.20. The van der Waals surface area contributed by atoms with Crippen molar-refractivity contribution >= 4 is 40.5 Å². The fourth-order valence-electron chi connectivity index (χ4n) is 2.90. The number of nitrogens with zero attached hydrogens (tertiary/aromatic N) is 2. The van der Waals surface area contributed by atoms with Crippen LogP contribution in [0.3, 0.4) is 0 Å². The van der Waals surface area contributed by atoms with E-state index in [2.05, 4.69) is 29.8 Å². The van der Waals surface area contributed by atoms with Crippen molar-refractivity contribution < 1.29 is 4.79 Å². The Morgan fingerprint density at radius 2 is 1.96 bits per heavy atom. The van der Waals surface area contributed by atoms with Crippen LogP contribution in [0.5, 0.6) is 0 Å². The molecule has 23 heavy (non-hydrogen) atoms. The summed E-state index contributed by atoms with van der Waals surface area (Å²) in [6.07, 6.45) is 1.19. The summed E-state index contributed by atoms with van der Waals surface area (Å²) in [6.45, 7) is 6.33. The molecule has 0 spiro atoms. The van der Waals surface area contributed by atoms with Gasteiger partial charge in [-0.15, -0.1) is 23.5 Å². The molecular formula is C17H23N3OS2. The van der Waals surface area contributed by atoms with Gasteiger partial charge >= 0.3 is 0 Å². The number of imidazole rings is 1. The molecule has 1 saturated heterocycles. The molecule has 2 aromatic rings. The molecule has 0 saturated carbocycles. The Bertz CT molecular complexity index is 692. The zero-order chi connectivity index (χ0) is 16.4. The minimum absolute atomic E-state index is 0.0167. The van der Waals surface area contributed by atoms with Crippen LogP contribution < -0.4 is 5.32 Å². The number of hydrogen-bond acceptors (Lipinski definition) is 4. The number of para-hydroxylation sites is 2. The molecule has 0 radical (unpaired) electrons. The highest BCUT2D eigenvalue weighted by Gasteiger charge is 2.26. The Morgan fingerprint density at radius 3 is 2.65 bits per heavy atom. The molecular weight excluding hydrogens is 326 g/mol. The summed E-state index contributed by atoms with van der Waals surface area (Å²) in [6, 6.07) is 8.36. The summed E-state index contributed by atoms with van der Waals surface area (Å²) < 4.78 is 2.24. The van der Waals surface area contributed by atoms with Gasteiger partial charge in [0.2, 0.25) is 5.91 Å². The van der Waals surface area contributed by atoms with E-state index in [1.54, 1.807) is 23.5 Å². The van der Waals surface area contributed by atoms with Gasteiger partial charge in [-0.1, -0.05) is 12.1 Å². The van der Waals surface area contributed by atoms with Crippen LogP contribution in [0.2, 0.25) is 0 Å². The minimum Gasteiger partial charge on any atom is -0.345 e. The maximum absolute atomic E-state index is 12.5. The highest BCUT2D eigenvalue weighted by molar-refractivity contribution is 8.18. The lowest BCUT2D eigenvalue weighted by atomic mass is 10.2. The van der Waals surface area contributed by atoms with Crippen LogP contribution in [0.4, 0.5) is 0 Å². The predicted octanol–water partition coefficient (Wildman–Crippen LogP) is 3.99. The topological polar surface area (TPSA) is 46.9 Å². The third kappa shape index (κ3) is 3.53. The lowest BCUT2D eigenvalue weighted by Gasteiger charge is -2.23. The summed E-state index contributed by atoms with van der Waals surface area (Å²) in [7, 11) is 0. The fourth-order valence-corrected chi connectivity index (χ4v) is 5.53. The molecule has 1 amide bonds. The van der Waals surface area contributed by atoms with Gasteiger partial charge in [0.05, 0.1) is 17.1 Å². The quantitative estimate of drug-likeness (QED) is 0.906. The lowest BCUT2D eigenvalue weighted by Crippen LogP contribution is -2.35. The summed E-state index contributed by atoms with van der Waals surface area (Å²) in [5, 5.41) is 3.16. The third-order valence-electron chi connectivity index (χ3n) is 3.93. The van der Waals surface area contributed by atoms with Gasteiger partial charge in [-0.2, -0.15) is 0 Å². The molecule has 6 heteroatoms. The molecule has 1 N–H and O–H groups in total. The molecule has 0 aliphatic carbocycles. The van der Waals surface area contributed by atoms with Gasteiger partial charge in [0, 0.05) is 6.04 Å². The minimum atomic E-state index is -0.0968. The molecule has 1 aromatic carbocycles. The van der Waals surface area contributed by atoms with Gasteiger partial charge in [0.25, 0.3) is 0 Å². The first kappa shape index (κ1) is 16.7. The highest BCUT2D eigenvalue weighted by Crippen LogP contribution is 2.31. The molecule has 1 fully saturated rings. The first-order chi connectivity index (χ1) is 11.1. The van der Waals surface area contributed by atoms with E-state index in [1.807, 2.05) is 25.1 Å². The number of benzene rings is 1. The number of carbonyl (C=O) groups is 1. The second-order valence-corrected chi connectivity index (χ2v) is 8.80. The number of carbonyl (C=O) groups excluding carboxylic acids is 1. The number of fused-ring (bicyclic) bond motifs is 1. The molecule has 1 unspecified atom stereocenters. The van der Waals surface area contributed by atoms with Gasteiger partial charge in [0.1, 0.15) is 10.4 Å². The third-order valence-corrected chi connectivity index (χ3v) is 6.83. The van der Waals surface area contributed by atoms with Crippen LogP contribution in [0.15, 0.2) is 24.3 Å². The SMILES string of the molecule is CC(NC(=O)C1SCCCS1)c1nc2ccccc2n1C(C)C. The van der Waals surface area contributed by atoms with Crippen LogP contribution >= 0.6 is 23.5 Å². The number of amides is 1. The Morgan fingerprint density at radius 1 is 1.26 bits per heavy atom. The molecule has 1 aliphatic heterocycles. The molecule has 1 aromatic heterocycles. The predicted molar refractivity (Wildman–Crippen MR) is 100.0 cm³/mol. The average Bonchev–Trinajstić information content (AvgIpc) is 2.95. The van der Waals surface area contributed by atoms with E-state index in [0.717, 1.165) is 28.4 Å². The summed E-state index contributed by atoms with van der Waals surface area (Å²) in [4.78, 5) is 17.3. The molecule has 1 aliphatic rings. The van der Waals surface area contributed by atoms with Crippen LogP contribution in [-0.4, -0.2) is 31.5 Å². The highest BCUT2D eigenvalue weighted by atomic mass is 32.2. The van der Waals surface area contributed by atoms with E-state index in [0.29, 0.717) is 6.04 Å².